The van der Waals surface area contributed by atoms with Crippen LogP contribution in [-0.4, -0.2) is 27.1 Å². The second-order valence-corrected chi connectivity index (χ2v) is 8.64. The normalized spacial score (nSPS) is 10.6. The van der Waals surface area contributed by atoms with Crippen molar-refractivity contribution >= 4 is 11.6 Å². The predicted octanol–water partition coefficient (Wildman–Crippen LogP) is 2.71. The first-order chi connectivity index (χ1) is 18.2. The van der Waals surface area contributed by atoms with Crippen molar-refractivity contribution in [2.24, 2.45) is 19.8 Å². The number of nitrogens with two attached hydrogens (primary N) is 1. The third kappa shape index (κ3) is 4.58. The minimum atomic E-state index is -0.692. The molecule has 2 heterocycles. The number of methoxy groups -OCH3 is 1. The number of carbonyl (C=O) groups excluding carboxylic acids is 1. The second kappa shape index (κ2) is 10.5. The van der Waals surface area contributed by atoms with Crippen LogP contribution in [0.4, 0.5) is 5.69 Å². The van der Waals surface area contributed by atoms with Crippen molar-refractivity contribution in [2.45, 2.75) is 13.5 Å². The standard InChI is InChI=1S/C28H26N6O4/c1-16-18(7-6-10-23(16)31-25(35)22-15-33(2)28(37)34(3)27(22)36)19-8-5-9-20(21(19)14-30)24-12-11-17(13-29)26(32-24)38-4/h5-12,15H,13,29H2,1-4H3,(H,31,35). The molecule has 0 radical (unpaired) electrons. The molecule has 1 amide bonds. The highest BCUT2D eigenvalue weighted by Gasteiger charge is 2.19. The summed E-state index contributed by atoms with van der Waals surface area (Å²) in [5.41, 5.74) is 9.24. The molecule has 192 valence electrons. The lowest BCUT2D eigenvalue weighted by Gasteiger charge is -2.16. The number of aryl methyl sites for hydroxylation is 1. The summed E-state index contributed by atoms with van der Waals surface area (Å²) >= 11 is 0. The molecule has 3 N–H and O–H groups in total. The molecular weight excluding hydrogens is 484 g/mol. The van der Waals surface area contributed by atoms with Crippen molar-refractivity contribution in [3.63, 3.8) is 0 Å². The number of rotatable bonds is 6. The number of pyridine rings is 1. The Morgan fingerprint density at radius 1 is 1.08 bits per heavy atom. The van der Waals surface area contributed by atoms with Gasteiger partial charge in [-0.15, -0.1) is 0 Å². The summed E-state index contributed by atoms with van der Waals surface area (Å²) < 4.78 is 7.42. The third-order valence-corrected chi connectivity index (χ3v) is 6.37. The maximum atomic E-state index is 13.0. The van der Waals surface area contributed by atoms with E-state index in [4.69, 9.17) is 10.5 Å². The van der Waals surface area contributed by atoms with Crippen molar-refractivity contribution in [1.82, 2.24) is 14.1 Å². The predicted molar refractivity (Wildman–Crippen MR) is 144 cm³/mol. The highest BCUT2D eigenvalue weighted by molar-refractivity contribution is 6.04. The molecule has 4 aromatic rings. The maximum absolute atomic E-state index is 13.0. The molecule has 0 unspecified atom stereocenters. The summed E-state index contributed by atoms with van der Waals surface area (Å²) in [6, 6.07) is 16.7. The van der Waals surface area contributed by atoms with Gasteiger partial charge < -0.3 is 20.4 Å². The van der Waals surface area contributed by atoms with Gasteiger partial charge in [-0.2, -0.15) is 5.26 Å². The molecule has 0 spiro atoms. The minimum absolute atomic E-state index is 0.167. The van der Waals surface area contributed by atoms with Crippen LogP contribution in [0.2, 0.25) is 0 Å². The number of amides is 1. The molecule has 2 aromatic heterocycles. The molecule has 0 atom stereocenters. The fourth-order valence-corrected chi connectivity index (χ4v) is 4.28. The van der Waals surface area contributed by atoms with Crippen LogP contribution in [0.15, 0.2) is 64.3 Å². The topological polar surface area (TPSA) is 145 Å². The molecule has 0 aliphatic carbocycles. The van der Waals surface area contributed by atoms with Crippen LogP contribution in [0.1, 0.15) is 27.0 Å². The van der Waals surface area contributed by atoms with Gasteiger partial charge in [-0.3, -0.25) is 14.2 Å². The number of ether oxygens (including phenoxy) is 1. The Morgan fingerprint density at radius 3 is 2.45 bits per heavy atom. The number of nitriles is 1. The number of hydrogen-bond donors (Lipinski definition) is 2. The first-order valence-electron chi connectivity index (χ1n) is 11.7. The summed E-state index contributed by atoms with van der Waals surface area (Å²) in [6.45, 7) is 2.08. The molecule has 2 aromatic carbocycles. The number of hydrogen-bond acceptors (Lipinski definition) is 7. The number of benzene rings is 2. The molecule has 10 heteroatoms. The van der Waals surface area contributed by atoms with Crippen molar-refractivity contribution in [2.75, 3.05) is 12.4 Å². The van der Waals surface area contributed by atoms with E-state index in [0.29, 0.717) is 39.5 Å². The van der Waals surface area contributed by atoms with Gasteiger partial charge in [0.05, 0.1) is 18.4 Å². The van der Waals surface area contributed by atoms with Crippen LogP contribution >= 0.6 is 0 Å². The van der Waals surface area contributed by atoms with Gasteiger partial charge in [-0.1, -0.05) is 36.4 Å². The summed E-state index contributed by atoms with van der Waals surface area (Å²) in [6.07, 6.45) is 1.22. The summed E-state index contributed by atoms with van der Waals surface area (Å²) in [4.78, 5) is 42.1. The lowest BCUT2D eigenvalue weighted by molar-refractivity contribution is 0.102. The minimum Gasteiger partial charge on any atom is -0.481 e. The zero-order valence-electron chi connectivity index (χ0n) is 21.4. The van der Waals surface area contributed by atoms with Crippen molar-refractivity contribution in [1.29, 1.82) is 5.26 Å². The molecule has 0 saturated heterocycles. The fraction of sp³-hybridized carbons (Fsp3) is 0.179. The molecule has 10 nitrogen and oxygen atoms in total. The zero-order chi connectivity index (χ0) is 27.6. The van der Waals surface area contributed by atoms with Gasteiger partial charge in [0.15, 0.2) is 0 Å². The highest BCUT2D eigenvalue weighted by Crippen LogP contribution is 2.36. The van der Waals surface area contributed by atoms with E-state index in [0.717, 1.165) is 15.7 Å². The largest absolute Gasteiger partial charge is 0.481 e. The molecule has 0 aliphatic heterocycles. The number of nitrogens with zero attached hydrogens (tertiary/aromatic N) is 4. The van der Waals surface area contributed by atoms with E-state index in [-0.39, 0.29) is 12.1 Å². The van der Waals surface area contributed by atoms with E-state index in [1.165, 1.54) is 32.0 Å². The molecule has 0 fully saturated rings. The maximum Gasteiger partial charge on any atom is 0.330 e. The average Bonchev–Trinajstić information content (AvgIpc) is 2.94. The highest BCUT2D eigenvalue weighted by atomic mass is 16.5. The van der Waals surface area contributed by atoms with Gasteiger partial charge in [0.1, 0.15) is 11.6 Å². The molecule has 38 heavy (non-hydrogen) atoms. The summed E-state index contributed by atoms with van der Waals surface area (Å²) in [5, 5.41) is 12.9. The second-order valence-electron chi connectivity index (χ2n) is 8.64. The Kier molecular flexibility index (Phi) is 7.23. The molecule has 4 rings (SSSR count). The Labute approximate surface area is 218 Å². The lowest BCUT2D eigenvalue weighted by atomic mass is 9.91. The molecule has 0 saturated carbocycles. The van der Waals surface area contributed by atoms with Gasteiger partial charge in [0.25, 0.3) is 11.5 Å². The van der Waals surface area contributed by atoms with E-state index >= 15 is 0 Å². The van der Waals surface area contributed by atoms with Crippen LogP contribution < -0.4 is 27.0 Å². The quantitative estimate of drug-likeness (QED) is 0.406. The van der Waals surface area contributed by atoms with Gasteiger partial charge in [-0.05, 0) is 30.2 Å². The van der Waals surface area contributed by atoms with E-state index in [9.17, 15) is 19.6 Å². The number of carbonyl (C=O) groups is 1. The Morgan fingerprint density at radius 2 is 1.76 bits per heavy atom. The number of aromatic nitrogens is 3. The van der Waals surface area contributed by atoms with Crippen LogP contribution in [0.5, 0.6) is 5.88 Å². The average molecular weight is 511 g/mol. The van der Waals surface area contributed by atoms with E-state index < -0.39 is 17.2 Å². The Balaban J connectivity index is 1.78. The lowest BCUT2D eigenvalue weighted by Crippen LogP contribution is -2.40. The zero-order valence-corrected chi connectivity index (χ0v) is 21.4. The van der Waals surface area contributed by atoms with Crippen LogP contribution in [-0.2, 0) is 20.6 Å². The first kappa shape index (κ1) is 26.1. The van der Waals surface area contributed by atoms with Crippen molar-refractivity contribution in [3.8, 4) is 34.3 Å². The Hall–Kier alpha value is -5.01. The van der Waals surface area contributed by atoms with Gasteiger partial charge in [0, 0.05) is 49.2 Å². The Bertz CT molecular complexity index is 1730. The monoisotopic (exact) mass is 510 g/mol. The number of nitrogens with one attached hydrogen (secondary N) is 1. The molecule has 0 bridgehead atoms. The smallest absolute Gasteiger partial charge is 0.330 e. The van der Waals surface area contributed by atoms with Gasteiger partial charge in [-0.25, -0.2) is 9.78 Å². The summed E-state index contributed by atoms with van der Waals surface area (Å²) in [5.74, 6) is -0.253. The van der Waals surface area contributed by atoms with Crippen LogP contribution in [0.25, 0.3) is 22.4 Å². The SMILES string of the molecule is COc1nc(-c2cccc(-c3cccc(NC(=O)c4cn(C)c(=O)n(C)c4=O)c3C)c2C#N)ccc1CN. The summed E-state index contributed by atoms with van der Waals surface area (Å²) in [7, 11) is 4.30. The van der Waals surface area contributed by atoms with E-state index in [1.54, 1.807) is 18.2 Å². The van der Waals surface area contributed by atoms with Crippen molar-refractivity contribution < 1.29 is 9.53 Å². The van der Waals surface area contributed by atoms with Gasteiger partial charge in [0.2, 0.25) is 5.88 Å². The van der Waals surface area contributed by atoms with E-state index in [1.807, 2.05) is 37.3 Å². The molecular formula is C28H26N6O4. The third-order valence-electron chi connectivity index (χ3n) is 6.37. The van der Waals surface area contributed by atoms with E-state index in [2.05, 4.69) is 16.4 Å². The van der Waals surface area contributed by atoms with Crippen molar-refractivity contribution in [3.05, 3.63) is 97.8 Å². The first-order valence-corrected chi connectivity index (χ1v) is 11.7. The molecule has 0 aliphatic rings. The number of anilines is 1. The fourth-order valence-electron chi connectivity index (χ4n) is 4.28. The van der Waals surface area contributed by atoms with Crippen LogP contribution in [0.3, 0.4) is 0 Å². The van der Waals surface area contributed by atoms with Gasteiger partial charge >= 0.3 is 5.69 Å². The van der Waals surface area contributed by atoms with Crippen LogP contribution in [0, 0.1) is 18.3 Å².